The van der Waals surface area contributed by atoms with Gasteiger partial charge < -0.3 is 30.9 Å². The molecule has 0 spiro atoms. The largest absolute Gasteiger partial charge is 0.481 e. The van der Waals surface area contributed by atoms with Crippen LogP contribution in [0, 0.1) is 0 Å². The first-order valence-electron chi connectivity index (χ1n) is 18.9. The number of nitrogens with one attached hydrogen (secondary N) is 2. The monoisotopic (exact) mass is 829 g/mol. The lowest BCUT2D eigenvalue weighted by molar-refractivity contribution is -0.143. The second kappa shape index (κ2) is 25.0. The van der Waals surface area contributed by atoms with Crippen LogP contribution in [0.15, 0.2) is 72.8 Å². The summed E-state index contributed by atoms with van der Waals surface area (Å²) in [7, 11) is 0. The van der Waals surface area contributed by atoms with E-state index < -0.39 is 17.0 Å². The predicted octanol–water partition coefficient (Wildman–Crippen LogP) is 6.53. The van der Waals surface area contributed by atoms with Gasteiger partial charge in [-0.1, -0.05) is 72.8 Å². The summed E-state index contributed by atoms with van der Waals surface area (Å²) in [4.78, 5) is 56.2. The number of carbonyl (C=O) groups is 5. The van der Waals surface area contributed by atoms with Crippen molar-refractivity contribution in [2.24, 2.45) is 5.73 Å². The first kappa shape index (κ1) is 50.6. The molecule has 3 aromatic carbocycles. The quantitative estimate of drug-likeness (QED) is 0.0821. The average Bonchev–Trinajstić information content (AvgIpc) is 3.07. The second-order valence-electron chi connectivity index (χ2n) is 15.6. The van der Waals surface area contributed by atoms with Crippen LogP contribution in [0.25, 0.3) is 0 Å². The fraction of sp³-hybridized carbons (Fsp3) is 0.477. The molecule has 3 rings (SSSR count). The highest BCUT2D eigenvalue weighted by atomic mass is 35.5. The van der Waals surface area contributed by atoms with Gasteiger partial charge in [-0.2, -0.15) is 0 Å². The van der Waals surface area contributed by atoms with Gasteiger partial charge in [-0.05, 0) is 108 Å². The topological polar surface area (TPSA) is 174 Å². The highest BCUT2D eigenvalue weighted by Gasteiger charge is 2.22. The number of carboxylic acid groups (broad SMARTS) is 1. The third-order valence-electron chi connectivity index (χ3n) is 7.79. The number of benzene rings is 3. The lowest BCUT2D eigenvalue weighted by atomic mass is 9.93. The van der Waals surface area contributed by atoms with E-state index in [0.717, 1.165) is 39.8 Å². The Labute approximate surface area is 348 Å². The number of alkyl halides is 2. The third kappa shape index (κ3) is 24.0. The molecule has 0 saturated heterocycles. The Bertz CT molecular complexity index is 1750. The zero-order chi connectivity index (χ0) is 43.2. The molecule has 57 heavy (non-hydrogen) atoms. The van der Waals surface area contributed by atoms with Crippen molar-refractivity contribution >= 4 is 52.9 Å². The van der Waals surface area contributed by atoms with E-state index >= 15 is 0 Å². The Balaban J connectivity index is 0.000000430. The summed E-state index contributed by atoms with van der Waals surface area (Å²) in [5.74, 6) is -1.79. The van der Waals surface area contributed by atoms with Crippen molar-refractivity contribution in [3.05, 3.63) is 106 Å². The average molecular weight is 831 g/mol. The van der Waals surface area contributed by atoms with Crippen molar-refractivity contribution in [2.75, 3.05) is 25.0 Å². The Kier molecular flexibility index (Phi) is 22.2. The summed E-state index contributed by atoms with van der Waals surface area (Å²) in [6, 6.07) is 23.1. The van der Waals surface area contributed by atoms with Crippen molar-refractivity contribution in [3.8, 4) is 0 Å². The van der Waals surface area contributed by atoms with Crippen molar-refractivity contribution in [3.63, 3.8) is 0 Å². The molecule has 314 valence electrons. The maximum absolute atomic E-state index is 11.5. The molecule has 0 aromatic heterocycles. The van der Waals surface area contributed by atoms with Crippen LogP contribution in [0.2, 0.25) is 0 Å². The number of hydrogen-bond donors (Lipinski definition) is 4. The van der Waals surface area contributed by atoms with E-state index in [-0.39, 0.29) is 53.9 Å². The molecule has 0 saturated carbocycles. The smallest absolute Gasteiger partial charge is 0.310 e. The lowest BCUT2D eigenvalue weighted by Gasteiger charge is -2.26. The van der Waals surface area contributed by atoms with Crippen molar-refractivity contribution < 1.29 is 38.6 Å². The van der Waals surface area contributed by atoms with Gasteiger partial charge in [-0.15, -0.1) is 23.2 Å². The molecule has 0 heterocycles. The molecule has 5 N–H and O–H groups in total. The minimum absolute atomic E-state index is 0.00229. The highest BCUT2D eigenvalue weighted by Crippen LogP contribution is 2.17. The fourth-order valence-electron chi connectivity index (χ4n) is 5.94. The number of aliphatic carboxylic acids is 1. The Morgan fingerprint density at radius 2 is 0.895 bits per heavy atom. The standard InChI is InChI=1S/C16H22ClNO3.C14H18ClNO3.C14H21NO2/c1-4-21-15(20)9-12-6-5-7-13(8-12)10-16(2,3)18-14(19)11-17;1-14(2,16-12(17)9-15)8-11-5-3-4-10(6-11)7-13(18)19;1-4-17-13(16)9-11-6-5-7-12(8-11)10-14(2,3)15/h5-8H,4,9-11H2,1-3H3,(H,18,19);3-6H,7-9H2,1-2H3,(H,16,17)(H,18,19);5-8H,4,9-10,15H2,1-3H3. The van der Waals surface area contributed by atoms with Gasteiger partial charge in [0.2, 0.25) is 11.8 Å². The summed E-state index contributed by atoms with van der Waals surface area (Å²) in [6.45, 7) is 16.1. The molecule has 2 amide bonds. The third-order valence-corrected chi connectivity index (χ3v) is 8.27. The molecule has 0 aliphatic carbocycles. The number of hydrogen-bond acceptors (Lipinski definition) is 8. The van der Waals surface area contributed by atoms with Crippen LogP contribution in [-0.4, -0.2) is 76.4 Å². The van der Waals surface area contributed by atoms with Gasteiger partial charge in [-0.3, -0.25) is 24.0 Å². The number of ether oxygens (including phenoxy) is 2. The molecule has 3 aromatic rings. The number of amides is 2. The lowest BCUT2D eigenvalue weighted by Crippen LogP contribution is -2.45. The van der Waals surface area contributed by atoms with Crippen LogP contribution in [-0.2, 0) is 72.0 Å². The predicted molar refractivity (Wildman–Crippen MR) is 227 cm³/mol. The van der Waals surface area contributed by atoms with Crippen LogP contribution in [0.3, 0.4) is 0 Å². The summed E-state index contributed by atoms with van der Waals surface area (Å²) in [6.07, 6.45) is 2.66. The maximum atomic E-state index is 11.5. The van der Waals surface area contributed by atoms with Crippen LogP contribution in [0.5, 0.6) is 0 Å². The summed E-state index contributed by atoms with van der Waals surface area (Å²) in [5.41, 5.74) is 10.8. The van der Waals surface area contributed by atoms with Crippen molar-refractivity contribution in [1.82, 2.24) is 10.6 Å². The molecule has 0 radical (unpaired) electrons. The van der Waals surface area contributed by atoms with Gasteiger partial charge in [0.15, 0.2) is 0 Å². The first-order chi connectivity index (χ1) is 26.6. The Morgan fingerprint density at radius 3 is 1.19 bits per heavy atom. The second-order valence-corrected chi connectivity index (χ2v) is 16.2. The number of nitrogens with two attached hydrogens (primary N) is 1. The number of carbonyl (C=O) groups excluding carboxylic acids is 4. The van der Waals surface area contributed by atoms with E-state index in [1.165, 1.54) is 0 Å². The fourth-order valence-corrected chi connectivity index (χ4v) is 6.07. The van der Waals surface area contributed by atoms with Gasteiger partial charge in [0.25, 0.3) is 0 Å². The van der Waals surface area contributed by atoms with Crippen LogP contribution in [0.1, 0.15) is 88.8 Å². The molecule has 13 heteroatoms. The van der Waals surface area contributed by atoms with Gasteiger partial charge in [0.1, 0.15) is 11.8 Å². The van der Waals surface area contributed by atoms with Gasteiger partial charge in [-0.25, -0.2) is 0 Å². The van der Waals surface area contributed by atoms with E-state index in [1.807, 2.05) is 115 Å². The Hall–Kier alpha value is -4.45. The summed E-state index contributed by atoms with van der Waals surface area (Å²) < 4.78 is 9.87. The minimum Gasteiger partial charge on any atom is -0.481 e. The molecule has 0 atom stereocenters. The molecule has 0 fully saturated rings. The van der Waals surface area contributed by atoms with Gasteiger partial charge in [0, 0.05) is 16.6 Å². The summed E-state index contributed by atoms with van der Waals surface area (Å²) >= 11 is 11.0. The van der Waals surface area contributed by atoms with Gasteiger partial charge in [0.05, 0.1) is 32.5 Å². The molecule has 0 unspecified atom stereocenters. The van der Waals surface area contributed by atoms with E-state index in [4.69, 9.17) is 43.5 Å². The molecular formula is C44H61Cl2N3O8. The van der Waals surface area contributed by atoms with E-state index in [0.29, 0.717) is 32.5 Å². The Morgan fingerprint density at radius 1 is 0.579 bits per heavy atom. The first-order valence-corrected chi connectivity index (χ1v) is 20.0. The van der Waals surface area contributed by atoms with E-state index in [1.54, 1.807) is 13.0 Å². The van der Waals surface area contributed by atoms with E-state index in [2.05, 4.69) is 10.6 Å². The number of carboxylic acids is 1. The van der Waals surface area contributed by atoms with Crippen LogP contribution < -0.4 is 16.4 Å². The van der Waals surface area contributed by atoms with Crippen LogP contribution in [0.4, 0.5) is 0 Å². The number of halogens is 2. The molecule has 11 nitrogen and oxygen atoms in total. The maximum Gasteiger partial charge on any atom is 0.310 e. The molecular weight excluding hydrogens is 769 g/mol. The minimum atomic E-state index is -0.855. The molecule has 0 bridgehead atoms. The number of rotatable bonds is 18. The SMILES string of the molecule is CC(C)(Cc1cccc(CC(=O)O)c1)NC(=O)CCl.CCOC(=O)Cc1cccc(CC(C)(C)N)c1.CCOC(=O)Cc1cccc(CC(C)(C)NC(=O)CCl)c1. The number of esters is 2. The zero-order valence-corrected chi connectivity index (χ0v) is 36.1. The normalized spacial score (nSPS) is 11.1. The van der Waals surface area contributed by atoms with Crippen molar-refractivity contribution in [2.45, 2.75) is 111 Å². The molecule has 0 aliphatic rings. The van der Waals surface area contributed by atoms with Gasteiger partial charge >= 0.3 is 17.9 Å². The van der Waals surface area contributed by atoms with Crippen LogP contribution >= 0.6 is 23.2 Å². The van der Waals surface area contributed by atoms with Crippen molar-refractivity contribution in [1.29, 1.82) is 0 Å². The summed E-state index contributed by atoms with van der Waals surface area (Å²) in [5, 5.41) is 14.5. The highest BCUT2D eigenvalue weighted by molar-refractivity contribution is 6.27. The zero-order valence-electron chi connectivity index (χ0n) is 34.6. The van der Waals surface area contributed by atoms with E-state index in [9.17, 15) is 24.0 Å². The molecule has 0 aliphatic heterocycles.